The van der Waals surface area contributed by atoms with Crippen LogP contribution in [0.1, 0.15) is 33.2 Å². The molecule has 1 N–H and O–H groups in total. The smallest absolute Gasteiger partial charge is 0.193 e. The Bertz CT molecular complexity index is 685. The summed E-state index contributed by atoms with van der Waals surface area (Å²) in [7, 11) is 0. The van der Waals surface area contributed by atoms with Crippen LogP contribution in [0.15, 0.2) is 60.7 Å². The summed E-state index contributed by atoms with van der Waals surface area (Å²) in [5.74, 6) is -0.658. The predicted molar refractivity (Wildman–Crippen MR) is 77.1 cm³/mol. The number of carbonyl (C=O) groups is 2. The van der Waals surface area contributed by atoms with Gasteiger partial charge >= 0.3 is 0 Å². The summed E-state index contributed by atoms with van der Waals surface area (Å²) in [5, 5.41) is 9.53. The fourth-order valence-corrected chi connectivity index (χ4v) is 1.89. The lowest BCUT2D eigenvalue weighted by Crippen LogP contribution is -2.10. The third kappa shape index (κ3) is 2.67. The van der Waals surface area contributed by atoms with E-state index in [0.717, 1.165) is 0 Å². The van der Waals surface area contributed by atoms with Gasteiger partial charge in [-0.3, -0.25) is 9.59 Å². The molecule has 2 aromatic carbocycles. The Hall–Kier alpha value is -2.68. The number of phenolic OH excluding ortho intramolecular Hbond substituents is 1. The first-order valence-corrected chi connectivity index (χ1v) is 6.13. The highest BCUT2D eigenvalue weighted by Crippen LogP contribution is 2.22. The van der Waals surface area contributed by atoms with Crippen molar-refractivity contribution in [1.29, 1.82) is 0 Å². The first kappa shape index (κ1) is 13.7. The van der Waals surface area contributed by atoms with E-state index in [1.54, 1.807) is 31.2 Å². The second-order valence-corrected chi connectivity index (χ2v) is 4.53. The number of benzene rings is 2. The predicted octanol–water partition coefficient (Wildman–Crippen LogP) is 3.38. The third-order valence-corrected chi connectivity index (χ3v) is 2.92. The maximum atomic E-state index is 12.4. The number of ketones is 2. The van der Waals surface area contributed by atoms with Gasteiger partial charge in [-0.15, -0.1) is 0 Å². The molecule has 0 aliphatic heterocycles. The highest BCUT2D eigenvalue weighted by molar-refractivity contribution is 6.19. The minimum absolute atomic E-state index is 0.0563. The Balaban J connectivity index is 2.55. The lowest BCUT2D eigenvalue weighted by Gasteiger charge is -2.08. The van der Waals surface area contributed by atoms with E-state index >= 15 is 0 Å². The maximum absolute atomic E-state index is 12.4. The number of aromatic hydroxyl groups is 1. The van der Waals surface area contributed by atoms with E-state index < -0.39 is 0 Å². The average molecular weight is 266 g/mol. The van der Waals surface area contributed by atoms with Gasteiger partial charge < -0.3 is 5.11 Å². The molecule has 0 saturated carbocycles. The van der Waals surface area contributed by atoms with E-state index in [0.29, 0.717) is 11.1 Å². The molecule has 100 valence electrons. The molecule has 0 fully saturated rings. The van der Waals surface area contributed by atoms with Crippen LogP contribution in [0.2, 0.25) is 0 Å². The van der Waals surface area contributed by atoms with Crippen molar-refractivity contribution in [1.82, 2.24) is 0 Å². The molecule has 2 rings (SSSR count). The largest absolute Gasteiger partial charge is 0.508 e. The van der Waals surface area contributed by atoms with Gasteiger partial charge in [0.2, 0.25) is 0 Å². The Morgan fingerprint density at radius 2 is 1.65 bits per heavy atom. The molecule has 0 saturated heterocycles. The van der Waals surface area contributed by atoms with Gasteiger partial charge in [0.15, 0.2) is 11.6 Å². The van der Waals surface area contributed by atoms with Gasteiger partial charge in [-0.2, -0.15) is 0 Å². The summed E-state index contributed by atoms with van der Waals surface area (Å²) in [6.07, 6.45) is 0. The highest BCUT2D eigenvalue weighted by atomic mass is 16.3. The SMILES string of the molecule is C=C(C)C(=O)c1cc(O)ccc1C(=O)c1ccccc1. The molecular weight excluding hydrogens is 252 g/mol. The molecule has 3 heteroatoms. The van der Waals surface area contributed by atoms with Gasteiger partial charge in [0, 0.05) is 16.7 Å². The number of phenols is 1. The van der Waals surface area contributed by atoms with Gasteiger partial charge in [-0.05, 0) is 30.7 Å². The number of Topliss-reactive ketones (excluding diaryl/α,β-unsaturated/α-hetero) is 1. The quantitative estimate of drug-likeness (QED) is 0.681. The minimum Gasteiger partial charge on any atom is -0.508 e. The number of hydrogen-bond acceptors (Lipinski definition) is 3. The van der Waals surface area contributed by atoms with Crippen molar-refractivity contribution in [2.75, 3.05) is 0 Å². The van der Waals surface area contributed by atoms with Crippen LogP contribution in [0.25, 0.3) is 0 Å². The molecule has 0 heterocycles. The van der Waals surface area contributed by atoms with Crippen LogP contribution in [0.3, 0.4) is 0 Å². The number of hydrogen-bond donors (Lipinski definition) is 1. The molecule has 0 radical (unpaired) electrons. The Morgan fingerprint density at radius 3 is 2.25 bits per heavy atom. The van der Waals surface area contributed by atoms with E-state index in [1.807, 2.05) is 6.07 Å². The molecule has 20 heavy (non-hydrogen) atoms. The van der Waals surface area contributed by atoms with Crippen molar-refractivity contribution < 1.29 is 14.7 Å². The topological polar surface area (TPSA) is 54.4 Å². The Morgan fingerprint density at radius 1 is 1.00 bits per heavy atom. The first-order valence-electron chi connectivity index (χ1n) is 6.13. The number of rotatable bonds is 4. The van der Waals surface area contributed by atoms with Crippen LogP contribution in [0.4, 0.5) is 0 Å². The van der Waals surface area contributed by atoms with E-state index in [2.05, 4.69) is 6.58 Å². The molecule has 0 aliphatic carbocycles. The summed E-state index contributed by atoms with van der Waals surface area (Å²) >= 11 is 0. The standard InChI is InChI=1S/C17H14O3/c1-11(2)16(19)15-10-13(18)8-9-14(15)17(20)12-6-4-3-5-7-12/h3-10,18H,1H2,2H3. The second kappa shape index (κ2) is 5.53. The van der Waals surface area contributed by atoms with Crippen molar-refractivity contribution in [3.05, 3.63) is 77.4 Å². The van der Waals surface area contributed by atoms with Crippen molar-refractivity contribution in [3.8, 4) is 5.75 Å². The summed E-state index contributed by atoms with van der Waals surface area (Å²) in [6.45, 7) is 5.16. The van der Waals surface area contributed by atoms with E-state index in [1.165, 1.54) is 18.2 Å². The molecule has 0 spiro atoms. The van der Waals surface area contributed by atoms with Gasteiger partial charge in [-0.25, -0.2) is 0 Å². The lowest BCUT2D eigenvalue weighted by molar-refractivity contribution is 0.100. The monoisotopic (exact) mass is 266 g/mol. The highest BCUT2D eigenvalue weighted by Gasteiger charge is 2.19. The van der Waals surface area contributed by atoms with Crippen molar-refractivity contribution >= 4 is 11.6 Å². The summed E-state index contributed by atoms with van der Waals surface area (Å²) in [4.78, 5) is 24.5. The molecule has 0 bridgehead atoms. The van der Waals surface area contributed by atoms with Crippen LogP contribution in [-0.2, 0) is 0 Å². The third-order valence-electron chi connectivity index (χ3n) is 2.92. The average Bonchev–Trinajstić information content (AvgIpc) is 2.46. The minimum atomic E-state index is -0.347. The van der Waals surface area contributed by atoms with Gasteiger partial charge in [0.1, 0.15) is 5.75 Å². The second-order valence-electron chi connectivity index (χ2n) is 4.53. The van der Waals surface area contributed by atoms with Crippen LogP contribution >= 0.6 is 0 Å². The Kier molecular flexibility index (Phi) is 3.80. The summed E-state index contributed by atoms with van der Waals surface area (Å²) < 4.78 is 0. The first-order chi connectivity index (χ1) is 9.50. The van der Waals surface area contributed by atoms with E-state index in [9.17, 15) is 14.7 Å². The molecule has 0 aromatic heterocycles. The van der Waals surface area contributed by atoms with Crippen molar-refractivity contribution in [3.63, 3.8) is 0 Å². The zero-order valence-corrected chi connectivity index (χ0v) is 11.1. The molecular formula is C17H14O3. The zero-order chi connectivity index (χ0) is 14.7. The number of allylic oxidation sites excluding steroid dienone is 1. The van der Waals surface area contributed by atoms with E-state index in [4.69, 9.17) is 0 Å². The molecule has 0 unspecified atom stereocenters. The molecule has 2 aromatic rings. The fraction of sp³-hybridized carbons (Fsp3) is 0.0588. The van der Waals surface area contributed by atoms with Crippen molar-refractivity contribution in [2.24, 2.45) is 0 Å². The van der Waals surface area contributed by atoms with Crippen LogP contribution in [-0.4, -0.2) is 16.7 Å². The number of carbonyl (C=O) groups excluding carboxylic acids is 2. The zero-order valence-electron chi connectivity index (χ0n) is 11.1. The fourth-order valence-electron chi connectivity index (χ4n) is 1.89. The Labute approximate surface area is 117 Å². The summed E-state index contributed by atoms with van der Waals surface area (Å²) in [5.41, 5.74) is 1.25. The molecule has 0 aliphatic rings. The molecule has 3 nitrogen and oxygen atoms in total. The van der Waals surface area contributed by atoms with Crippen molar-refractivity contribution in [2.45, 2.75) is 6.92 Å². The van der Waals surface area contributed by atoms with Gasteiger partial charge in [0.25, 0.3) is 0 Å². The van der Waals surface area contributed by atoms with Crippen LogP contribution < -0.4 is 0 Å². The van der Waals surface area contributed by atoms with Crippen LogP contribution in [0, 0.1) is 0 Å². The lowest BCUT2D eigenvalue weighted by atomic mass is 9.94. The van der Waals surface area contributed by atoms with Gasteiger partial charge in [0.05, 0.1) is 0 Å². The molecule has 0 atom stereocenters. The normalized spacial score (nSPS) is 10.1. The van der Waals surface area contributed by atoms with Crippen LogP contribution in [0.5, 0.6) is 5.75 Å². The van der Waals surface area contributed by atoms with Gasteiger partial charge in [-0.1, -0.05) is 36.9 Å². The van der Waals surface area contributed by atoms with E-state index in [-0.39, 0.29) is 28.4 Å². The molecule has 0 amide bonds. The maximum Gasteiger partial charge on any atom is 0.193 e. The summed E-state index contributed by atoms with van der Waals surface area (Å²) in [6, 6.07) is 12.9.